The van der Waals surface area contributed by atoms with Crippen molar-refractivity contribution in [3.63, 3.8) is 0 Å². The number of rotatable bonds is 4. The summed E-state index contributed by atoms with van der Waals surface area (Å²) in [5.74, 6) is 0.840. The van der Waals surface area contributed by atoms with Crippen LogP contribution in [0.5, 0.6) is 11.5 Å². The lowest BCUT2D eigenvalue weighted by atomic mass is 9.97. The molecule has 1 aromatic carbocycles. The van der Waals surface area contributed by atoms with Gasteiger partial charge in [0.2, 0.25) is 11.8 Å². The zero-order valence-electron chi connectivity index (χ0n) is 14.7. The SMILES string of the molecule is COc1cc2c(cc1C=CC(=O)N1CCCC(C(N)=O)C1)OC(C)C2. The second kappa shape index (κ2) is 7.17. The van der Waals surface area contributed by atoms with Crippen molar-refractivity contribution in [2.24, 2.45) is 11.7 Å². The van der Waals surface area contributed by atoms with Crippen molar-refractivity contribution in [1.29, 1.82) is 0 Å². The van der Waals surface area contributed by atoms with Gasteiger partial charge in [-0.25, -0.2) is 0 Å². The topological polar surface area (TPSA) is 81.9 Å². The Hall–Kier alpha value is -2.50. The second-order valence-electron chi connectivity index (χ2n) is 6.69. The van der Waals surface area contributed by atoms with E-state index < -0.39 is 0 Å². The maximum Gasteiger partial charge on any atom is 0.246 e. The summed E-state index contributed by atoms with van der Waals surface area (Å²) in [6, 6.07) is 3.87. The summed E-state index contributed by atoms with van der Waals surface area (Å²) < 4.78 is 11.2. The van der Waals surface area contributed by atoms with E-state index in [4.69, 9.17) is 15.2 Å². The Morgan fingerprint density at radius 2 is 2.20 bits per heavy atom. The van der Waals surface area contributed by atoms with Crippen LogP contribution in [0, 0.1) is 5.92 Å². The zero-order valence-corrected chi connectivity index (χ0v) is 14.7. The third-order valence-corrected chi connectivity index (χ3v) is 4.79. The first-order valence-corrected chi connectivity index (χ1v) is 8.61. The van der Waals surface area contributed by atoms with Crippen molar-refractivity contribution in [3.8, 4) is 11.5 Å². The Morgan fingerprint density at radius 1 is 1.40 bits per heavy atom. The van der Waals surface area contributed by atoms with Crippen molar-refractivity contribution in [2.75, 3.05) is 20.2 Å². The molecule has 0 bridgehead atoms. The molecule has 134 valence electrons. The molecule has 2 aliphatic heterocycles. The summed E-state index contributed by atoms with van der Waals surface area (Å²) in [5.41, 5.74) is 7.29. The van der Waals surface area contributed by atoms with Gasteiger partial charge in [-0.2, -0.15) is 0 Å². The number of nitrogens with two attached hydrogens (primary N) is 1. The lowest BCUT2D eigenvalue weighted by Crippen LogP contribution is -2.43. The van der Waals surface area contributed by atoms with Gasteiger partial charge in [-0.15, -0.1) is 0 Å². The van der Waals surface area contributed by atoms with Gasteiger partial charge in [0.1, 0.15) is 17.6 Å². The number of carbonyl (C=O) groups is 2. The van der Waals surface area contributed by atoms with Crippen molar-refractivity contribution in [3.05, 3.63) is 29.3 Å². The normalized spacial score (nSPS) is 22.6. The maximum absolute atomic E-state index is 12.4. The van der Waals surface area contributed by atoms with Crippen molar-refractivity contribution in [2.45, 2.75) is 32.3 Å². The van der Waals surface area contributed by atoms with Crippen molar-refractivity contribution < 1.29 is 19.1 Å². The summed E-state index contributed by atoms with van der Waals surface area (Å²) in [5, 5.41) is 0. The Morgan fingerprint density at radius 3 is 2.92 bits per heavy atom. The number of primary amides is 1. The molecule has 6 nitrogen and oxygen atoms in total. The number of fused-ring (bicyclic) bond motifs is 1. The second-order valence-corrected chi connectivity index (χ2v) is 6.69. The number of methoxy groups -OCH3 is 1. The fourth-order valence-corrected chi connectivity index (χ4v) is 3.44. The summed E-state index contributed by atoms with van der Waals surface area (Å²) in [6.07, 6.45) is 5.81. The third kappa shape index (κ3) is 3.78. The van der Waals surface area contributed by atoms with E-state index in [2.05, 4.69) is 0 Å². The number of nitrogens with zero attached hydrogens (tertiary/aromatic N) is 1. The highest BCUT2D eigenvalue weighted by molar-refractivity contribution is 5.92. The van der Waals surface area contributed by atoms with Gasteiger partial charge >= 0.3 is 0 Å². The highest BCUT2D eigenvalue weighted by Crippen LogP contribution is 2.35. The monoisotopic (exact) mass is 344 g/mol. The molecule has 2 atom stereocenters. The van der Waals surface area contributed by atoms with E-state index in [1.165, 1.54) is 6.08 Å². The third-order valence-electron chi connectivity index (χ3n) is 4.79. The fraction of sp³-hybridized carbons (Fsp3) is 0.474. The van der Waals surface area contributed by atoms with Crippen molar-refractivity contribution in [1.82, 2.24) is 4.90 Å². The molecule has 1 fully saturated rings. The quantitative estimate of drug-likeness (QED) is 0.844. The minimum atomic E-state index is -0.340. The first-order chi connectivity index (χ1) is 12.0. The molecule has 3 rings (SSSR count). The molecule has 0 saturated carbocycles. The fourth-order valence-electron chi connectivity index (χ4n) is 3.44. The van der Waals surface area contributed by atoms with E-state index in [0.29, 0.717) is 18.8 Å². The van der Waals surface area contributed by atoms with Gasteiger partial charge in [0.05, 0.1) is 13.0 Å². The molecule has 25 heavy (non-hydrogen) atoms. The molecule has 2 heterocycles. The van der Waals surface area contributed by atoms with E-state index in [1.54, 1.807) is 18.1 Å². The van der Waals surface area contributed by atoms with E-state index in [0.717, 1.165) is 36.1 Å². The van der Waals surface area contributed by atoms with E-state index in [-0.39, 0.29) is 23.8 Å². The van der Waals surface area contributed by atoms with Crippen LogP contribution in [0.25, 0.3) is 6.08 Å². The molecule has 2 N–H and O–H groups in total. The van der Waals surface area contributed by atoms with Crippen LogP contribution in [0.2, 0.25) is 0 Å². The largest absolute Gasteiger partial charge is 0.496 e. The molecule has 2 aliphatic rings. The smallest absolute Gasteiger partial charge is 0.246 e. The van der Waals surface area contributed by atoms with Gasteiger partial charge in [-0.05, 0) is 38.0 Å². The van der Waals surface area contributed by atoms with Gasteiger partial charge in [0.25, 0.3) is 0 Å². The highest BCUT2D eigenvalue weighted by atomic mass is 16.5. The minimum absolute atomic E-state index is 0.122. The van der Waals surface area contributed by atoms with Gasteiger partial charge in [-0.3, -0.25) is 9.59 Å². The summed E-state index contributed by atoms with van der Waals surface area (Å²) in [6.45, 7) is 3.06. The van der Waals surface area contributed by atoms with Gasteiger partial charge in [-0.1, -0.05) is 0 Å². The lowest BCUT2D eigenvalue weighted by molar-refractivity contribution is -0.130. The van der Waals surface area contributed by atoms with Crippen LogP contribution in [0.4, 0.5) is 0 Å². The molecule has 1 saturated heterocycles. The minimum Gasteiger partial charge on any atom is -0.496 e. The summed E-state index contributed by atoms with van der Waals surface area (Å²) in [7, 11) is 1.61. The molecular formula is C19H24N2O4. The molecule has 2 unspecified atom stereocenters. The van der Waals surface area contributed by atoms with Gasteiger partial charge in [0.15, 0.2) is 0 Å². The van der Waals surface area contributed by atoms with Crippen molar-refractivity contribution >= 4 is 17.9 Å². The summed E-state index contributed by atoms with van der Waals surface area (Å²) >= 11 is 0. The number of ether oxygens (including phenoxy) is 2. The first kappa shape index (κ1) is 17.3. The van der Waals surface area contributed by atoms with Crippen LogP contribution in [-0.4, -0.2) is 43.0 Å². The van der Waals surface area contributed by atoms with Gasteiger partial charge in [0, 0.05) is 36.7 Å². The van der Waals surface area contributed by atoms with Crippen LogP contribution in [0.3, 0.4) is 0 Å². The molecular weight excluding hydrogens is 320 g/mol. The van der Waals surface area contributed by atoms with Crippen LogP contribution in [0.1, 0.15) is 30.9 Å². The number of hydrogen-bond acceptors (Lipinski definition) is 4. The Bertz CT molecular complexity index is 714. The Labute approximate surface area is 147 Å². The maximum atomic E-state index is 12.4. The predicted molar refractivity (Wildman–Crippen MR) is 94.3 cm³/mol. The molecule has 0 spiro atoms. The molecule has 6 heteroatoms. The van der Waals surface area contributed by atoms with E-state index in [1.807, 2.05) is 19.1 Å². The summed E-state index contributed by atoms with van der Waals surface area (Å²) in [4.78, 5) is 25.5. The number of hydrogen-bond donors (Lipinski definition) is 1. The van der Waals surface area contributed by atoms with Crippen LogP contribution in [-0.2, 0) is 16.0 Å². The number of amides is 2. The highest BCUT2D eigenvalue weighted by Gasteiger charge is 2.26. The molecule has 1 aromatic rings. The Balaban J connectivity index is 1.74. The number of carbonyl (C=O) groups excluding carboxylic acids is 2. The lowest BCUT2D eigenvalue weighted by Gasteiger charge is -2.30. The van der Waals surface area contributed by atoms with E-state index in [9.17, 15) is 9.59 Å². The van der Waals surface area contributed by atoms with Gasteiger partial charge < -0.3 is 20.1 Å². The Kier molecular flexibility index (Phi) is 4.97. The number of likely N-dealkylation sites (tertiary alicyclic amines) is 1. The zero-order chi connectivity index (χ0) is 18.0. The standard InChI is InChI=1S/C19H24N2O4/c1-12-8-15-10-16(24-2)13(9-17(15)25-12)5-6-18(22)21-7-3-4-14(11-21)19(20)23/h5-6,9-10,12,14H,3-4,7-8,11H2,1-2H3,(H2,20,23). The molecule has 0 radical (unpaired) electrons. The van der Waals surface area contributed by atoms with E-state index >= 15 is 0 Å². The molecule has 2 amide bonds. The van der Waals surface area contributed by atoms with Crippen LogP contribution < -0.4 is 15.2 Å². The predicted octanol–water partition coefficient (Wildman–Crippen LogP) is 1.76. The first-order valence-electron chi connectivity index (χ1n) is 8.61. The van der Waals surface area contributed by atoms with Crippen LogP contribution >= 0.6 is 0 Å². The van der Waals surface area contributed by atoms with Crippen LogP contribution in [0.15, 0.2) is 18.2 Å². The average molecular weight is 344 g/mol. The number of piperidine rings is 1. The number of benzene rings is 1. The average Bonchev–Trinajstić information content (AvgIpc) is 2.97. The molecule has 0 aliphatic carbocycles. The molecule has 0 aromatic heterocycles.